The minimum atomic E-state index is -4.22. The standard InChI is InChI=1S/C26H24F3NO4S/c1-16-13-23(18-3-7-19(8-4-18)26(27,28)29)35-24(16)15-33-20-9-5-17(6-10-20)21(14-25(31)32-2)22-11-12-34-30-22/h3-7,9-13,19,21H,8,14-15H2,1-2H3/t19?,21-/m0/s1. The lowest BCUT2D eigenvalue weighted by atomic mass is 9.92. The highest BCUT2D eigenvalue weighted by molar-refractivity contribution is 7.13. The lowest BCUT2D eigenvalue weighted by Gasteiger charge is -2.18. The highest BCUT2D eigenvalue weighted by Gasteiger charge is 2.37. The van der Waals surface area contributed by atoms with Crippen molar-refractivity contribution in [2.24, 2.45) is 5.92 Å². The Kier molecular flexibility index (Phi) is 7.45. The molecule has 0 aliphatic heterocycles. The fourth-order valence-electron chi connectivity index (χ4n) is 3.84. The predicted molar refractivity (Wildman–Crippen MR) is 126 cm³/mol. The molecular formula is C26H24F3NO4S. The van der Waals surface area contributed by atoms with E-state index in [9.17, 15) is 18.0 Å². The van der Waals surface area contributed by atoms with Gasteiger partial charge >= 0.3 is 12.1 Å². The predicted octanol–water partition coefficient (Wildman–Crippen LogP) is 6.84. The maximum absolute atomic E-state index is 12.9. The topological polar surface area (TPSA) is 61.6 Å². The number of carbonyl (C=O) groups is 1. The molecule has 2 heterocycles. The lowest BCUT2D eigenvalue weighted by Crippen LogP contribution is -2.21. The van der Waals surface area contributed by atoms with Crippen LogP contribution in [0, 0.1) is 12.8 Å². The molecule has 1 aliphatic carbocycles. The average Bonchev–Trinajstić information content (AvgIpc) is 3.51. The number of halogens is 3. The molecular weight excluding hydrogens is 479 g/mol. The van der Waals surface area contributed by atoms with E-state index in [4.69, 9.17) is 14.0 Å². The summed E-state index contributed by atoms with van der Waals surface area (Å²) >= 11 is 1.51. The van der Waals surface area contributed by atoms with Gasteiger partial charge in [0, 0.05) is 21.7 Å². The molecule has 0 spiro atoms. The smallest absolute Gasteiger partial charge is 0.395 e. The lowest BCUT2D eigenvalue weighted by molar-refractivity contribution is -0.160. The van der Waals surface area contributed by atoms with Crippen LogP contribution in [0.5, 0.6) is 5.75 Å². The number of ether oxygens (including phenoxy) is 2. The van der Waals surface area contributed by atoms with Gasteiger partial charge in [-0.3, -0.25) is 4.79 Å². The molecule has 184 valence electrons. The van der Waals surface area contributed by atoms with Crippen LogP contribution in [-0.4, -0.2) is 24.4 Å². The largest absolute Gasteiger partial charge is 0.488 e. The van der Waals surface area contributed by atoms with E-state index in [0.29, 0.717) is 18.1 Å². The Labute approximate surface area is 204 Å². The van der Waals surface area contributed by atoms with Gasteiger partial charge in [0.05, 0.1) is 25.1 Å². The van der Waals surface area contributed by atoms with Gasteiger partial charge in [0.25, 0.3) is 0 Å². The van der Waals surface area contributed by atoms with Crippen molar-refractivity contribution >= 4 is 22.9 Å². The van der Waals surface area contributed by atoms with Crippen LogP contribution in [-0.2, 0) is 16.1 Å². The van der Waals surface area contributed by atoms with Crippen LogP contribution in [0.4, 0.5) is 13.2 Å². The monoisotopic (exact) mass is 503 g/mol. The summed E-state index contributed by atoms with van der Waals surface area (Å²) < 4.78 is 54.4. The summed E-state index contributed by atoms with van der Waals surface area (Å²) in [6.07, 6.45) is 1.76. The Bertz CT molecular complexity index is 1210. The van der Waals surface area contributed by atoms with Gasteiger partial charge in [-0.25, -0.2) is 0 Å². The van der Waals surface area contributed by atoms with Crippen molar-refractivity contribution in [3.8, 4) is 5.75 Å². The summed E-state index contributed by atoms with van der Waals surface area (Å²) in [7, 11) is 1.34. The van der Waals surface area contributed by atoms with Gasteiger partial charge in [-0.15, -0.1) is 11.3 Å². The molecule has 1 unspecified atom stereocenters. The molecule has 9 heteroatoms. The van der Waals surface area contributed by atoms with Crippen LogP contribution in [0.15, 0.2) is 65.4 Å². The second-order valence-electron chi connectivity index (χ2n) is 8.23. The molecule has 0 bridgehead atoms. The third-order valence-electron chi connectivity index (χ3n) is 5.89. The van der Waals surface area contributed by atoms with Gasteiger partial charge in [-0.1, -0.05) is 35.5 Å². The number of nitrogens with zero attached hydrogens (tertiary/aromatic N) is 1. The molecule has 2 aromatic heterocycles. The van der Waals surface area contributed by atoms with E-state index in [1.165, 1.54) is 30.8 Å². The third-order valence-corrected chi connectivity index (χ3v) is 7.15. The Morgan fingerprint density at radius 3 is 2.63 bits per heavy atom. The molecule has 0 fully saturated rings. The van der Waals surface area contributed by atoms with Gasteiger partial charge in [-0.2, -0.15) is 13.2 Å². The zero-order valence-electron chi connectivity index (χ0n) is 19.2. The van der Waals surface area contributed by atoms with Gasteiger partial charge in [0.15, 0.2) is 0 Å². The number of aryl methyl sites for hydroxylation is 1. The van der Waals surface area contributed by atoms with Crippen LogP contribution in [0.25, 0.3) is 5.57 Å². The second-order valence-corrected chi connectivity index (χ2v) is 9.37. The fraction of sp³-hybridized carbons (Fsp3) is 0.308. The van der Waals surface area contributed by atoms with E-state index >= 15 is 0 Å². The first-order chi connectivity index (χ1) is 16.7. The second kappa shape index (κ2) is 10.5. The maximum Gasteiger partial charge on any atom is 0.395 e. The van der Waals surface area contributed by atoms with E-state index in [2.05, 4.69) is 5.16 Å². The molecule has 1 aliphatic rings. The van der Waals surface area contributed by atoms with E-state index in [1.54, 1.807) is 18.2 Å². The maximum atomic E-state index is 12.9. The number of thiophene rings is 1. The van der Waals surface area contributed by atoms with Crippen LogP contribution in [0.1, 0.15) is 45.3 Å². The Balaban J connectivity index is 1.41. The molecule has 1 aromatic carbocycles. The first-order valence-corrected chi connectivity index (χ1v) is 11.8. The molecule has 0 saturated heterocycles. The molecule has 0 amide bonds. The van der Waals surface area contributed by atoms with Crippen LogP contribution in [0.3, 0.4) is 0 Å². The fourth-order valence-corrected chi connectivity index (χ4v) is 4.95. The van der Waals surface area contributed by atoms with E-state index in [1.807, 2.05) is 37.3 Å². The number of aromatic nitrogens is 1. The zero-order chi connectivity index (χ0) is 25.0. The Hall–Kier alpha value is -3.33. The van der Waals surface area contributed by atoms with Gasteiger partial charge in [0.2, 0.25) is 0 Å². The van der Waals surface area contributed by atoms with Crippen molar-refractivity contribution in [1.82, 2.24) is 5.16 Å². The van der Waals surface area contributed by atoms with Crippen LogP contribution >= 0.6 is 11.3 Å². The van der Waals surface area contributed by atoms with Gasteiger partial charge < -0.3 is 14.0 Å². The molecule has 0 radical (unpaired) electrons. The number of carbonyl (C=O) groups excluding carboxylic acids is 1. The van der Waals surface area contributed by atoms with E-state index in [-0.39, 0.29) is 24.7 Å². The molecule has 2 atom stereocenters. The van der Waals surface area contributed by atoms with E-state index < -0.39 is 12.1 Å². The highest BCUT2D eigenvalue weighted by Crippen LogP contribution is 2.37. The number of hydrogen-bond acceptors (Lipinski definition) is 6. The quantitative estimate of drug-likeness (QED) is 0.315. The number of esters is 1. The van der Waals surface area contributed by atoms with Crippen molar-refractivity contribution in [2.45, 2.75) is 38.5 Å². The van der Waals surface area contributed by atoms with Crippen LogP contribution in [0.2, 0.25) is 0 Å². The number of benzene rings is 1. The third kappa shape index (κ3) is 6.03. The highest BCUT2D eigenvalue weighted by atomic mass is 32.1. The summed E-state index contributed by atoms with van der Waals surface area (Å²) in [5.74, 6) is -1.41. The number of alkyl halides is 3. The number of rotatable bonds is 8. The van der Waals surface area contributed by atoms with Crippen molar-refractivity contribution < 1.29 is 32.0 Å². The molecule has 3 aromatic rings. The van der Waals surface area contributed by atoms with Crippen molar-refractivity contribution in [2.75, 3.05) is 7.11 Å². The normalized spacial score (nSPS) is 16.6. The van der Waals surface area contributed by atoms with Crippen molar-refractivity contribution in [3.63, 3.8) is 0 Å². The molecule has 0 N–H and O–H groups in total. The summed E-state index contributed by atoms with van der Waals surface area (Å²) in [6.45, 7) is 2.30. The molecule has 0 saturated carbocycles. The number of hydrogen-bond donors (Lipinski definition) is 0. The minimum Gasteiger partial charge on any atom is -0.488 e. The number of methoxy groups -OCH3 is 1. The Morgan fingerprint density at radius 2 is 2.03 bits per heavy atom. The summed E-state index contributed by atoms with van der Waals surface area (Å²) in [6, 6.07) is 11.1. The first-order valence-electron chi connectivity index (χ1n) is 11.0. The van der Waals surface area contributed by atoms with Crippen molar-refractivity contribution in [3.05, 3.63) is 87.5 Å². The summed E-state index contributed by atoms with van der Waals surface area (Å²) in [5.41, 5.74) is 3.34. The van der Waals surface area contributed by atoms with E-state index in [0.717, 1.165) is 26.5 Å². The SMILES string of the molecule is COC(=O)C[C@@H](c1ccc(OCc2sc(C3=CCC(C(F)(F)F)C=C3)cc2C)cc1)c1ccon1. The minimum absolute atomic E-state index is 0.0459. The number of allylic oxidation sites excluding steroid dienone is 4. The Morgan fingerprint density at radius 1 is 1.26 bits per heavy atom. The van der Waals surface area contributed by atoms with Gasteiger partial charge in [0.1, 0.15) is 18.6 Å². The van der Waals surface area contributed by atoms with Gasteiger partial charge in [-0.05, 0) is 48.2 Å². The first kappa shape index (κ1) is 24.8. The zero-order valence-corrected chi connectivity index (χ0v) is 20.0. The van der Waals surface area contributed by atoms with Crippen LogP contribution < -0.4 is 4.74 Å². The average molecular weight is 504 g/mol. The molecule has 5 nitrogen and oxygen atoms in total. The summed E-state index contributed by atoms with van der Waals surface area (Å²) in [4.78, 5) is 13.8. The summed E-state index contributed by atoms with van der Waals surface area (Å²) in [5, 5.41) is 3.97. The molecule has 4 rings (SSSR count). The molecule has 35 heavy (non-hydrogen) atoms. The van der Waals surface area contributed by atoms with Crippen molar-refractivity contribution in [1.29, 1.82) is 0 Å².